The Bertz CT molecular complexity index is 1630. The Morgan fingerprint density at radius 1 is 0.711 bits per heavy atom. The molecule has 0 spiro atoms. The summed E-state index contributed by atoms with van der Waals surface area (Å²) >= 11 is 0. The molecule has 3 atom stereocenters. The number of hydrogen-bond acceptors (Lipinski definition) is 7. The lowest BCUT2D eigenvalue weighted by molar-refractivity contribution is -0.253. The van der Waals surface area contributed by atoms with Crippen LogP contribution in [0, 0.1) is 0 Å². The first-order chi connectivity index (χ1) is 22.1. The van der Waals surface area contributed by atoms with E-state index in [0.29, 0.717) is 11.1 Å². The zero-order chi connectivity index (χ0) is 30.8. The lowest BCUT2D eigenvalue weighted by atomic mass is 9.97. The number of fused-ring (bicyclic) bond motifs is 1. The van der Waals surface area contributed by atoms with E-state index in [0.717, 1.165) is 72.6 Å². The molecule has 0 radical (unpaired) electrons. The largest absolute Gasteiger partial charge is 0.392 e. The fourth-order valence-corrected chi connectivity index (χ4v) is 6.42. The van der Waals surface area contributed by atoms with Crippen LogP contribution in [0.3, 0.4) is 0 Å². The van der Waals surface area contributed by atoms with Gasteiger partial charge in [-0.1, -0.05) is 84.9 Å². The third-order valence-corrected chi connectivity index (χ3v) is 8.90. The van der Waals surface area contributed by atoms with Crippen molar-refractivity contribution < 1.29 is 28.9 Å². The van der Waals surface area contributed by atoms with Crippen molar-refractivity contribution in [2.45, 2.75) is 38.1 Å². The molecular weight excluding hydrogens is 568 g/mol. The monoisotopic (exact) mass is 604 g/mol. The summed E-state index contributed by atoms with van der Waals surface area (Å²) in [7, 11) is 0. The van der Waals surface area contributed by atoms with E-state index < -0.39 is 6.29 Å². The van der Waals surface area contributed by atoms with Gasteiger partial charge in [0.25, 0.3) is 11.8 Å². The molecule has 1 N–H and O–H groups in total. The van der Waals surface area contributed by atoms with Gasteiger partial charge < -0.3 is 19.3 Å². The number of ether oxygens (including phenoxy) is 3. The van der Waals surface area contributed by atoms with Crippen LogP contribution in [0.1, 0.15) is 61.8 Å². The summed E-state index contributed by atoms with van der Waals surface area (Å²) in [4.78, 5) is 29.8. The number of imide groups is 1. The number of hydrogen-bond donors (Lipinski definition) is 1. The van der Waals surface area contributed by atoms with Gasteiger partial charge in [0, 0.05) is 31.6 Å². The van der Waals surface area contributed by atoms with Crippen molar-refractivity contribution in [1.82, 2.24) is 9.80 Å². The maximum absolute atomic E-state index is 13.0. The Morgan fingerprint density at radius 2 is 1.33 bits per heavy atom. The van der Waals surface area contributed by atoms with Crippen LogP contribution in [0.25, 0.3) is 11.1 Å². The summed E-state index contributed by atoms with van der Waals surface area (Å²) in [6.07, 6.45) is 0.0113. The van der Waals surface area contributed by atoms with Gasteiger partial charge in [-0.15, -0.1) is 0 Å². The summed E-state index contributed by atoms with van der Waals surface area (Å²) in [5.74, 6) is -0.529. The molecule has 2 fully saturated rings. The van der Waals surface area contributed by atoms with E-state index in [1.165, 1.54) is 4.90 Å². The molecule has 4 aromatic rings. The van der Waals surface area contributed by atoms with Crippen LogP contribution in [0.5, 0.6) is 0 Å². The van der Waals surface area contributed by atoms with Gasteiger partial charge in [0.15, 0.2) is 6.29 Å². The Labute approximate surface area is 262 Å². The molecule has 3 heterocycles. The van der Waals surface area contributed by atoms with Gasteiger partial charge in [-0.3, -0.25) is 19.4 Å². The molecular formula is C37H36N2O6. The summed E-state index contributed by atoms with van der Waals surface area (Å²) in [5, 5.41) is 9.51. The number of morpholine rings is 1. The minimum atomic E-state index is -0.546. The molecule has 3 aliphatic rings. The van der Waals surface area contributed by atoms with Crippen LogP contribution in [-0.4, -0.2) is 65.7 Å². The maximum atomic E-state index is 13.0. The maximum Gasteiger partial charge on any atom is 0.261 e. The van der Waals surface area contributed by atoms with Crippen LogP contribution in [0.15, 0.2) is 97.1 Å². The molecule has 4 aromatic carbocycles. The van der Waals surface area contributed by atoms with Crippen LogP contribution in [-0.2, 0) is 27.4 Å². The van der Waals surface area contributed by atoms with E-state index in [9.17, 15) is 14.7 Å². The van der Waals surface area contributed by atoms with E-state index in [-0.39, 0.29) is 37.2 Å². The van der Waals surface area contributed by atoms with Crippen molar-refractivity contribution in [1.29, 1.82) is 0 Å². The highest BCUT2D eigenvalue weighted by atomic mass is 16.7. The highest BCUT2D eigenvalue weighted by Crippen LogP contribution is 2.39. The number of aliphatic hydroxyl groups excluding tert-OH is 1. The first kappa shape index (κ1) is 29.5. The summed E-state index contributed by atoms with van der Waals surface area (Å²) in [5.41, 5.74) is 6.57. The molecule has 0 unspecified atom stereocenters. The molecule has 0 aliphatic carbocycles. The summed E-state index contributed by atoms with van der Waals surface area (Å²) in [6, 6.07) is 30.9. The zero-order valence-electron chi connectivity index (χ0n) is 25.0. The standard InChI is InChI=1S/C37H36N2O6/c40-24-25-9-11-27(12-10-25)34-21-30(23-38-17-19-43-20-18-38)44-37(45-34)28-15-13-26(14-16-28)31-6-2-1-5-29(31)22-39-35(41)32-7-3-4-8-33(32)36(39)42/h1-16,30,34,37,40H,17-24H2/t30-,34+,37+/m1/s1. The zero-order valence-corrected chi connectivity index (χ0v) is 25.0. The van der Waals surface area contributed by atoms with E-state index in [2.05, 4.69) is 4.90 Å². The third-order valence-electron chi connectivity index (χ3n) is 8.90. The second-order valence-corrected chi connectivity index (χ2v) is 11.8. The van der Waals surface area contributed by atoms with Gasteiger partial charge in [-0.25, -0.2) is 0 Å². The van der Waals surface area contributed by atoms with Gasteiger partial charge >= 0.3 is 0 Å². The Kier molecular flexibility index (Phi) is 8.56. The van der Waals surface area contributed by atoms with E-state index in [4.69, 9.17) is 14.2 Å². The fraction of sp³-hybridized carbons (Fsp3) is 0.297. The number of aliphatic hydroxyl groups is 1. The quantitative estimate of drug-likeness (QED) is 0.265. The van der Waals surface area contributed by atoms with Crippen molar-refractivity contribution in [2.75, 3.05) is 32.8 Å². The van der Waals surface area contributed by atoms with Crippen LogP contribution in [0.2, 0.25) is 0 Å². The highest BCUT2D eigenvalue weighted by molar-refractivity contribution is 6.21. The van der Waals surface area contributed by atoms with E-state index >= 15 is 0 Å². The van der Waals surface area contributed by atoms with Crippen molar-refractivity contribution in [2.24, 2.45) is 0 Å². The predicted octanol–water partition coefficient (Wildman–Crippen LogP) is 5.52. The SMILES string of the molecule is O=C1c2ccccc2C(=O)N1Cc1ccccc1-c1ccc([C@H]2O[C@@H](CN3CCOCC3)C[C@@H](c3ccc(CO)cc3)O2)cc1. The molecule has 0 aromatic heterocycles. The number of carbonyl (C=O) groups excluding carboxylic acids is 2. The second-order valence-electron chi connectivity index (χ2n) is 11.8. The van der Waals surface area contributed by atoms with Gasteiger partial charge in [-0.2, -0.15) is 0 Å². The van der Waals surface area contributed by atoms with Gasteiger partial charge in [0.05, 0.1) is 49.7 Å². The lowest BCUT2D eigenvalue weighted by Gasteiger charge is -2.39. The lowest BCUT2D eigenvalue weighted by Crippen LogP contribution is -2.44. The van der Waals surface area contributed by atoms with Gasteiger partial charge in [0.2, 0.25) is 0 Å². The van der Waals surface area contributed by atoms with Gasteiger partial charge in [0.1, 0.15) is 0 Å². The minimum Gasteiger partial charge on any atom is -0.392 e. The van der Waals surface area contributed by atoms with Crippen molar-refractivity contribution in [3.63, 3.8) is 0 Å². The normalized spacial score (nSPS) is 22.1. The Balaban J connectivity index is 1.11. The number of amides is 2. The van der Waals surface area contributed by atoms with E-state index in [1.807, 2.05) is 72.8 Å². The molecule has 2 saturated heterocycles. The second kappa shape index (κ2) is 13.0. The Morgan fingerprint density at radius 3 is 2.00 bits per heavy atom. The molecule has 8 nitrogen and oxygen atoms in total. The topological polar surface area (TPSA) is 88.5 Å². The van der Waals surface area contributed by atoms with Gasteiger partial charge in [-0.05, 0) is 39.9 Å². The number of benzene rings is 4. The van der Waals surface area contributed by atoms with Crippen molar-refractivity contribution in [3.05, 3.63) is 130 Å². The first-order valence-corrected chi connectivity index (χ1v) is 15.5. The molecule has 2 amide bonds. The van der Waals surface area contributed by atoms with Crippen molar-refractivity contribution in [3.8, 4) is 11.1 Å². The third kappa shape index (κ3) is 6.20. The smallest absolute Gasteiger partial charge is 0.261 e. The van der Waals surface area contributed by atoms with Crippen LogP contribution < -0.4 is 0 Å². The van der Waals surface area contributed by atoms with Crippen LogP contribution >= 0.6 is 0 Å². The fourth-order valence-electron chi connectivity index (χ4n) is 6.42. The van der Waals surface area contributed by atoms with E-state index in [1.54, 1.807) is 24.3 Å². The molecule has 230 valence electrons. The molecule has 7 rings (SSSR count). The molecule has 0 saturated carbocycles. The highest BCUT2D eigenvalue weighted by Gasteiger charge is 2.36. The Hall–Kier alpha value is -4.18. The summed E-state index contributed by atoms with van der Waals surface area (Å²) < 4.78 is 18.7. The average molecular weight is 605 g/mol. The molecule has 8 heteroatoms. The first-order valence-electron chi connectivity index (χ1n) is 15.5. The van der Waals surface area contributed by atoms with Crippen LogP contribution in [0.4, 0.5) is 0 Å². The minimum absolute atomic E-state index is 0.00493. The molecule has 45 heavy (non-hydrogen) atoms. The molecule has 0 bridgehead atoms. The average Bonchev–Trinajstić information content (AvgIpc) is 3.33. The summed E-state index contributed by atoms with van der Waals surface area (Å²) in [6.45, 7) is 4.23. The number of carbonyl (C=O) groups is 2. The number of nitrogens with zero attached hydrogens (tertiary/aromatic N) is 2. The van der Waals surface area contributed by atoms with Crippen molar-refractivity contribution >= 4 is 11.8 Å². The molecule has 3 aliphatic heterocycles. The number of rotatable bonds is 8. The predicted molar refractivity (Wildman–Crippen MR) is 168 cm³/mol.